The highest BCUT2D eigenvalue weighted by atomic mass is 16.6. The maximum absolute atomic E-state index is 12.2. The van der Waals surface area contributed by atoms with E-state index in [9.17, 15) is 4.79 Å². The van der Waals surface area contributed by atoms with Crippen molar-refractivity contribution in [2.45, 2.75) is 65.1 Å². The molecular weight excluding hydrogens is 212 g/mol. The topological polar surface area (TPSA) is 29.6 Å². The first-order valence-corrected chi connectivity index (χ1v) is 6.45. The van der Waals surface area contributed by atoms with Gasteiger partial charge in [0.2, 0.25) is 0 Å². The standard InChI is InChI=1S/C15H22O2/c1-10(2)12-9-14-15(4,17-14)7-5-6-11(3)8-13(12)16/h6,14H,5,7-9H2,1-4H3/b11-6+/t14-,15-/m0/s1. The number of allylic oxidation sites excluding steroid dienone is 3. The molecule has 2 heteroatoms. The average molecular weight is 234 g/mol. The Labute approximate surface area is 104 Å². The number of carbonyl (C=O) groups excluding carboxylic acids is 1. The molecule has 1 aliphatic heterocycles. The Morgan fingerprint density at radius 3 is 2.82 bits per heavy atom. The lowest BCUT2D eigenvalue weighted by atomic mass is 9.89. The molecule has 1 aliphatic carbocycles. The molecule has 1 saturated heterocycles. The van der Waals surface area contributed by atoms with E-state index in [1.165, 1.54) is 5.57 Å². The third-order valence-electron chi connectivity index (χ3n) is 3.94. The fourth-order valence-corrected chi connectivity index (χ4v) is 2.59. The number of Topliss-reactive ketones (excluding diaryl/α,β-unsaturated/α-hetero) is 1. The van der Waals surface area contributed by atoms with Gasteiger partial charge in [-0.2, -0.15) is 0 Å². The third kappa shape index (κ3) is 2.68. The minimum absolute atomic E-state index is 0.00903. The molecule has 0 bridgehead atoms. The summed E-state index contributed by atoms with van der Waals surface area (Å²) in [5, 5.41) is 0. The SMILES string of the molecule is CC(C)=C1C[C@@H]2O[C@@]2(C)CC/C=C(\C)CC1=O. The number of carbonyl (C=O) groups is 1. The zero-order valence-electron chi connectivity index (χ0n) is 11.3. The molecule has 2 atom stereocenters. The van der Waals surface area contributed by atoms with E-state index in [0.29, 0.717) is 6.42 Å². The second kappa shape index (κ2) is 4.41. The van der Waals surface area contributed by atoms with Crippen LogP contribution in [-0.2, 0) is 9.53 Å². The van der Waals surface area contributed by atoms with Crippen molar-refractivity contribution in [3.8, 4) is 0 Å². The fraction of sp³-hybridized carbons (Fsp3) is 0.667. The molecule has 2 aliphatic rings. The molecule has 0 N–H and O–H groups in total. The quantitative estimate of drug-likeness (QED) is 0.364. The summed E-state index contributed by atoms with van der Waals surface area (Å²) in [5.41, 5.74) is 3.32. The van der Waals surface area contributed by atoms with Gasteiger partial charge in [0.05, 0.1) is 11.7 Å². The molecule has 1 fully saturated rings. The van der Waals surface area contributed by atoms with Gasteiger partial charge < -0.3 is 4.74 Å². The summed E-state index contributed by atoms with van der Waals surface area (Å²) >= 11 is 0. The summed E-state index contributed by atoms with van der Waals surface area (Å²) in [6.07, 6.45) is 5.91. The monoisotopic (exact) mass is 234 g/mol. The number of ketones is 1. The predicted octanol–water partition coefficient (Wildman–Crippen LogP) is 3.57. The van der Waals surface area contributed by atoms with E-state index in [0.717, 1.165) is 30.4 Å². The van der Waals surface area contributed by atoms with Crippen LogP contribution in [0.25, 0.3) is 0 Å². The molecule has 0 radical (unpaired) electrons. The Bertz CT molecular complexity index is 399. The minimum Gasteiger partial charge on any atom is -0.366 e. The van der Waals surface area contributed by atoms with Gasteiger partial charge in [-0.05, 0) is 46.1 Å². The molecule has 2 nitrogen and oxygen atoms in total. The molecule has 0 aromatic rings. The molecule has 0 unspecified atom stereocenters. The van der Waals surface area contributed by atoms with Crippen LogP contribution in [0.2, 0.25) is 0 Å². The lowest BCUT2D eigenvalue weighted by Gasteiger charge is -2.12. The Morgan fingerprint density at radius 1 is 1.47 bits per heavy atom. The highest BCUT2D eigenvalue weighted by Crippen LogP contribution is 2.45. The van der Waals surface area contributed by atoms with E-state index in [-0.39, 0.29) is 17.5 Å². The van der Waals surface area contributed by atoms with Gasteiger partial charge in [0.25, 0.3) is 0 Å². The van der Waals surface area contributed by atoms with Crippen LogP contribution in [0.4, 0.5) is 0 Å². The molecule has 0 aromatic heterocycles. The first-order valence-electron chi connectivity index (χ1n) is 6.45. The Morgan fingerprint density at radius 2 is 2.18 bits per heavy atom. The lowest BCUT2D eigenvalue weighted by molar-refractivity contribution is -0.115. The molecule has 0 amide bonds. The predicted molar refractivity (Wildman–Crippen MR) is 68.9 cm³/mol. The van der Waals surface area contributed by atoms with Gasteiger partial charge in [0.15, 0.2) is 5.78 Å². The van der Waals surface area contributed by atoms with Gasteiger partial charge >= 0.3 is 0 Å². The van der Waals surface area contributed by atoms with Gasteiger partial charge in [0, 0.05) is 12.8 Å². The van der Waals surface area contributed by atoms with Gasteiger partial charge in [-0.15, -0.1) is 0 Å². The third-order valence-corrected chi connectivity index (χ3v) is 3.94. The largest absolute Gasteiger partial charge is 0.366 e. The van der Waals surface area contributed by atoms with Crippen LogP contribution in [0, 0.1) is 0 Å². The van der Waals surface area contributed by atoms with Crippen molar-refractivity contribution >= 4 is 5.78 Å². The minimum atomic E-state index is 0.00903. The molecular formula is C15H22O2. The second-order valence-corrected chi connectivity index (χ2v) is 5.79. The number of rotatable bonds is 0. The van der Waals surface area contributed by atoms with Crippen molar-refractivity contribution in [3.05, 3.63) is 22.8 Å². The molecule has 17 heavy (non-hydrogen) atoms. The fourth-order valence-electron chi connectivity index (χ4n) is 2.59. The summed E-state index contributed by atoms with van der Waals surface area (Å²) in [4.78, 5) is 12.2. The van der Waals surface area contributed by atoms with Crippen LogP contribution in [0.5, 0.6) is 0 Å². The number of fused-ring (bicyclic) bond motifs is 1. The van der Waals surface area contributed by atoms with Crippen molar-refractivity contribution in [3.63, 3.8) is 0 Å². The second-order valence-electron chi connectivity index (χ2n) is 5.79. The van der Waals surface area contributed by atoms with Crippen molar-refractivity contribution in [2.75, 3.05) is 0 Å². The van der Waals surface area contributed by atoms with Crippen LogP contribution in [-0.4, -0.2) is 17.5 Å². The van der Waals surface area contributed by atoms with Crippen LogP contribution >= 0.6 is 0 Å². The molecule has 0 aromatic carbocycles. The summed E-state index contributed by atoms with van der Waals surface area (Å²) in [6.45, 7) is 8.26. The van der Waals surface area contributed by atoms with Crippen molar-refractivity contribution in [1.29, 1.82) is 0 Å². The summed E-state index contributed by atoms with van der Waals surface area (Å²) < 4.78 is 5.78. The van der Waals surface area contributed by atoms with Gasteiger partial charge in [-0.1, -0.05) is 17.2 Å². The summed E-state index contributed by atoms with van der Waals surface area (Å²) in [7, 11) is 0. The number of hydrogen-bond acceptors (Lipinski definition) is 2. The normalized spacial score (nSPS) is 36.9. The zero-order valence-corrected chi connectivity index (χ0v) is 11.3. The number of epoxide rings is 1. The van der Waals surface area contributed by atoms with Crippen LogP contribution < -0.4 is 0 Å². The van der Waals surface area contributed by atoms with Crippen molar-refractivity contribution in [1.82, 2.24) is 0 Å². The highest BCUT2D eigenvalue weighted by Gasteiger charge is 2.51. The summed E-state index contributed by atoms with van der Waals surface area (Å²) in [5.74, 6) is 0.276. The number of hydrogen-bond donors (Lipinski definition) is 0. The van der Waals surface area contributed by atoms with E-state index in [2.05, 4.69) is 19.9 Å². The smallest absolute Gasteiger partial charge is 0.162 e. The molecule has 2 rings (SSSR count). The average Bonchev–Trinajstić information content (AvgIpc) is 2.84. The van der Waals surface area contributed by atoms with Crippen LogP contribution in [0.15, 0.2) is 22.8 Å². The van der Waals surface area contributed by atoms with Gasteiger partial charge in [-0.3, -0.25) is 4.79 Å². The first kappa shape index (κ1) is 12.6. The number of ether oxygens (including phenoxy) is 1. The highest BCUT2D eigenvalue weighted by molar-refractivity contribution is 5.97. The van der Waals surface area contributed by atoms with Crippen LogP contribution in [0.1, 0.15) is 53.4 Å². The molecule has 0 saturated carbocycles. The van der Waals surface area contributed by atoms with Crippen molar-refractivity contribution < 1.29 is 9.53 Å². The van der Waals surface area contributed by atoms with Gasteiger partial charge in [-0.25, -0.2) is 0 Å². The first-order chi connectivity index (χ1) is 7.92. The zero-order chi connectivity index (χ0) is 12.6. The maximum Gasteiger partial charge on any atom is 0.162 e. The Balaban J connectivity index is 2.25. The van der Waals surface area contributed by atoms with Gasteiger partial charge in [0.1, 0.15) is 0 Å². The molecule has 94 valence electrons. The molecule has 1 heterocycles. The molecule has 0 spiro atoms. The van der Waals surface area contributed by atoms with Crippen molar-refractivity contribution in [2.24, 2.45) is 0 Å². The Hall–Kier alpha value is -0.890. The van der Waals surface area contributed by atoms with Crippen LogP contribution in [0.3, 0.4) is 0 Å². The summed E-state index contributed by atoms with van der Waals surface area (Å²) in [6, 6.07) is 0. The Kier molecular flexibility index (Phi) is 3.26. The van der Waals surface area contributed by atoms with E-state index < -0.39 is 0 Å². The van der Waals surface area contributed by atoms with E-state index in [4.69, 9.17) is 4.74 Å². The lowest BCUT2D eigenvalue weighted by Crippen LogP contribution is -2.15. The maximum atomic E-state index is 12.2. The van der Waals surface area contributed by atoms with E-state index >= 15 is 0 Å². The van der Waals surface area contributed by atoms with E-state index in [1.807, 2.05) is 13.8 Å². The van der Waals surface area contributed by atoms with E-state index in [1.54, 1.807) is 0 Å².